The number of nitrogens with zero attached hydrogens (tertiary/aromatic N) is 6. The number of aromatic amines is 2. The van der Waals surface area contributed by atoms with Crippen molar-refractivity contribution in [3.63, 3.8) is 0 Å². The maximum absolute atomic E-state index is 5.47. The summed E-state index contributed by atoms with van der Waals surface area (Å²) in [7, 11) is 0. The fraction of sp³-hybridized carbons (Fsp3) is 0. The van der Waals surface area contributed by atoms with Crippen LogP contribution < -0.4 is 0 Å². The molecule has 13 rings (SSSR count). The van der Waals surface area contributed by atoms with Gasteiger partial charge in [-0.1, -0.05) is 97.1 Å². The van der Waals surface area contributed by atoms with E-state index in [-0.39, 0.29) is 0 Å². The lowest BCUT2D eigenvalue weighted by Gasteiger charge is -2.08. The first kappa shape index (κ1) is 35.8. The van der Waals surface area contributed by atoms with E-state index < -0.39 is 0 Å². The van der Waals surface area contributed by atoms with Gasteiger partial charge < -0.3 is 9.97 Å². The van der Waals surface area contributed by atoms with Gasteiger partial charge in [0.25, 0.3) is 0 Å². The highest BCUT2D eigenvalue weighted by molar-refractivity contribution is 6.01. The summed E-state index contributed by atoms with van der Waals surface area (Å²) in [5, 5.41) is 8.62. The van der Waals surface area contributed by atoms with Crippen molar-refractivity contribution >= 4 is 89.5 Å². The lowest BCUT2D eigenvalue weighted by molar-refractivity contribution is 1.27. The van der Waals surface area contributed by atoms with Crippen molar-refractivity contribution in [2.24, 2.45) is 0 Å². The Morgan fingerprint density at radius 3 is 0.750 bits per heavy atom. The highest BCUT2D eigenvalue weighted by Crippen LogP contribution is 2.39. The molecule has 0 spiro atoms. The second-order valence-electron chi connectivity index (χ2n) is 16.2. The van der Waals surface area contributed by atoms with Crippen LogP contribution in [-0.2, 0) is 0 Å². The van der Waals surface area contributed by atoms with E-state index in [1.165, 1.54) is 0 Å². The monoisotopic (exact) mass is 818 g/mol. The molecule has 7 aromatic heterocycles. The Bertz CT molecular complexity index is 3480. The zero-order chi connectivity index (χ0) is 42.1. The molecule has 0 atom stereocenters. The van der Waals surface area contributed by atoms with E-state index in [9.17, 15) is 0 Å². The number of hydrogen-bond acceptors (Lipinski definition) is 6. The van der Waals surface area contributed by atoms with Gasteiger partial charge in [-0.05, 0) is 94.4 Å². The van der Waals surface area contributed by atoms with E-state index in [2.05, 4.69) is 156 Å². The van der Waals surface area contributed by atoms with Crippen molar-refractivity contribution in [3.05, 3.63) is 193 Å². The molecule has 11 aromatic rings. The highest BCUT2D eigenvalue weighted by Gasteiger charge is 2.21. The zero-order valence-electron chi connectivity index (χ0n) is 34.2. The van der Waals surface area contributed by atoms with Crippen molar-refractivity contribution in [1.29, 1.82) is 0 Å². The second kappa shape index (κ2) is 14.4. The lowest BCUT2D eigenvalue weighted by atomic mass is 10.1. The summed E-state index contributed by atoms with van der Waals surface area (Å²) in [5.41, 5.74) is 13.2. The molecule has 2 aliphatic rings. The summed E-state index contributed by atoms with van der Waals surface area (Å²) in [5.74, 6) is 0. The van der Waals surface area contributed by atoms with Crippen LogP contribution in [0.4, 0.5) is 0 Å². The van der Waals surface area contributed by atoms with Crippen LogP contribution in [0.2, 0.25) is 0 Å². The molecule has 4 aromatic carbocycles. The van der Waals surface area contributed by atoms with E-state index in [0.717, 1.165) is 133 Å². The minimum atomic E-state index is 0.773. The predicted molar refractivity (Wildman–Crippen MR) is 262 cm³/mol. The molecule has 2 N–H and O–H groups in total. The molecule has 298 valence electrons. The molecular weight excluding hydrogens is 785 g/mol. The Labute approximate surface area is 366 Å². The molecule has 0 saturated heterocycles. The van der Waals surface area contributed by atoms with Gasteiger partial charge >= 0.3 is 0 Å². The van der Waals surface area contributed by atoms with Gasteiger partial charge in [-0.3, -0.25) is 19.9 Å². The van der Waals surface area contributed by atoms with E-state index in [1.54, 1.807) is 0 Å². The molecule has 64 heavy (non-hydrogen) atoms. The number of benzene rings is 4. The number of pyridine rings is 4. The zero-order valence-corrected chi connectivity index (χ0v) is 34.2. The van der Waals surface area contributed by atoms with Gasteiger partial charge in [-0.2, -0.15) is 0 Å². The topological polar surface area (TPSA) is 109 Å². The predicted octanol–water partition coefficient (Wildman–Crippen LogP) is 13.5. The van der Waals surface area contributed by atoms with Gasteiger partial charge in [0.15, 0.2) is 0 Å². The Hall–Kier alpha value is -8.88. The third-order valence-corrected chi connectivity index (χ3v) is 12.3. The van der Waals surface area contributed by atoms with Gasteiger partial charge in [-0.25, -0.2) is 9.97 Å². The van der Waals surface area contributed by atoms with Gasteiger partial charge in [0.05, 0.1) is 67.6 Å². The molecule has 0 aliphatic carbocycles. The summed E-state index contributed by atoms with van der Waals surface area (Å²) >= 11 is 0. The first-order valence-corrected chi connectivity index (χ1v) is 21.2. The maximum Gasteiger partial charge on any atom is 0.0753 e. The van der Waals surface area contributed by atoms with Gasteiger partial charge in [0.2, 0.25) is 0 Å². The van der Waals surface area contributed by atoms with Crippen LogP contribution >= 0.6 is 0 Å². The van der Waals surface area contributed by atoms with E-state index in [0.29, 0.717) is 0 Å². The number of H-pyrrole nitrogens is 2. The average Bonchev–Trinajstić information content (AvgIpc) is 4.20. The van der Waals surface area contributed by atoms with Crippen molar-refractivity contribution in [2.45, 2.75) is 0 Å². The average molecular weight is 819 g/mol. The highest BCUT2D eigenvalue weighted by atomic mass is 14.8. The van der Waals surface area contributed by atoms with Gasteiger partial charge in [0, 0.05) is 68.6 Å². The van der Waals surface area contributed by atoms with Crippen molar-refractivity contribution in [2.75, 3.05) is 0 Å². The SMILES string of the molecule is C1=Cc2nc1c(-c1cc3ccccc3cn1)c1ccc([nH]1)c(-c1cc3ccccc3cn1)c1nc(c(-c3cc4ccccc4cn3)c3ccc([nH]3)c2-c2cc3ccccc3cn2)C=C1. The third-order valence-electron chi connectivity index (χ3n) is 12.3. The summed E-state index contributed by atoms with van der Waals surface area (Å²) in [6, 6.07) is 50.2. The largest absolute Gasteiger partial charge is 0.354 e. The van der Waals surface area contributed by atoms with Crippen LogP contribution in [0.5, 0.6) is 0 Å². The van der Waals surface area contributed by atoms with Gasteiger partial charge in [0.1, 0.15) is 0 Å². The Morgan fingerprint density at radius 2 is 0.500 bits per heavy atom. The van der Waals surface area contributed by atoms with Gasteiger partial charge in [-0.15, -0.1) is 0 Å². The quantitative estimate of drug-likeness (QED) is 0.183. The maximum atomic E-state index is 5.47. The molecular formula is C56H34N8. The molecule has 8 nitrogen and oxygen atoms in total. The standard InChI is InChI=1S/C56H34N8/c1-5-13-37-29-57-49(25-33(37)9-1)53-41-17-19-43(61-41)54(50-26-34-10-2-6-14-38(34)30-58-50)45-21-23-47(63-45)56(52-28-36-12-4-8-16-40(36)32-60-52)48-24-22-46(64-48)55(44-20-18-42(53)62-44)51-27-35-11-3-7-15-39(35)31-59-51/h1-32,61,64H. The summed E-state index contributed by atoms with van der Waals surface area (Å²) in [4.78, 5) is 38.9. The smallest absolute Gasteiger partial charge is 0.0753 e. The molecule has 8 bridgehead atoms. The van der Waals surface area contributed by atoms with Crippen molar-refractivity contribution < 1.29 is 0 Å². The van der Waals surface area contributed by atoms with E-state index >= 15 is 0 Å². The Kier molecular flexibility index (Phi) is 8.04. The first-order valence-electron chi connectivity index (χ1n) is 21.2. The van der Waals surface area contributed by atoms with E-state index in [4.69, 9.17) is 29.9 Å². The summed E-state index contributed by atoms with van der Waals surface area (Å²) < 4.78 is 0. The van der Waals surface area contributed by atoms with Crippen LogP contribution in [0, 0.1) is 0 Å². The van der Waals surface area contributed by atoms with Crippen LogP contribution in [0.15, 0.2) is 170 Å². The molecule has 9 heterocycles. The summed E-state index contributed by atoms with van der Waals surface area (Å²) in [6.07, 6.45) is 16.1. The van der Waals surface area contributed by atoms with Crippen LogP contribution in [0.1, 0.15) is 22.8 Å². The molecule has 0 amide bonds. The molecule has 0 radical (unpaired) electrons. The number of aromatic nitrogens is 8. The fourth-order valence-corrected chi connectivity index (χ4v) is 9.16. The van der Waals surface area contributed by atoms with E-state index in [1.807, 2.05) is 49.1 Å². The van der Waals surface area contributed by atoms with Crippen molar-refractivity contribution in [3.8, 4) is 45.0 Å². The minimum absolute atomic E-state index is 0.773. The van der Waals surface area contributed by atoms with Crippen LogP contribution in [0.3, 0.4) is 0 Å². The van der Waals surface area contributed by atoms with Crippen LogP contribution in [0.25, 0.3) is 134 Å². The van der Waals surface area contributed by atoms with Crippen molar-refractivity contribution in [1.82, 2.24) is 39.9 Å². The molecule has 0 unspecified atom stereocenters. The number of hydrogen-bond donors (Lipinski definition) is 2. The lowest BCUT2D eigenvalue weighted by Crippen LogP contribution is -1.93. The molecule has 2 aliphatic heterocycles. The normalized spacial score (nSPS) is 12.2. The molecule has 0 fully saturated rings. The minimum Gasteiger partial charge on any atom is -0.354 e. The second-order valence-corrected chi connectivity index (χ2v) is 16.2. The Morgan fingerprint density at radius 1 is 0.266 bits per heavy atom. The number of rotatable bonds is 4. The first-order chi connectivity index (χ1) is 31.7. The number of nitrogens with one attached hydrogen (secondary N) is 2. The summed E-state index contributed by atoms with van der Waals surface area (Å²) in [6.45, 7) is 0. The number of fused-ring (bicyclic) bond motifs is 12. The van der Waals surface area contributed by atoms with Crippen LogP contribution in [-0.4, -0.2) is 39.9 Å². The third kappa shape index (κ3) is 6.00. The molecule has 8 heteroatoms. The molecule has 0 saturated carbocycles. The fourth-order valence-electron chi connectivity index (χ4n) is 9.16. The Balaban J connectivity index is 1.19.